The Morgan fingerprint density at radius 2 is 1.67 bits per heavy atom. The zero-order valence-electron chi connectivity index (χ0n) is 17.0. The number of anilines is 2. The van der Waals surface area contributed by atoms with Gasteiger partial charge in [0.2, 0.25) is 0 Å². The molecule has 0 aromatic heterocycles. The van der Waals surface area contributed by atoms with Crippen LogP contribution in [0.25, 0.3) is 0 Å². The highest BCUT2D eigenvalue weighted by Crippen LogP contribution is 2.31. The van der Waals surface area contributed by atoms with Crippen molar-refractivity contribution >= 4 is 28.9 Å². The number of nitrogens with zero attached hydrogens (tertiary/aromatic N) is 1. The van der Waals surface area contributed by atoms with E-state index < -0.39 is 34.2 Å². The Labute approximate surface area is 185 Å². The number of hydrogen-bond acceptors (Lipinski definition) is 5. The summed E-state index contributed by atoms with van der Waals surface area (Å²) in [4.78, 5) is 35.8. The monoisotopic (exact) mass is 459 g/mol. The molecule has 0 saturated carbocycles. The Bertz CT molecular complexity index is 1230. The summed E-state index contributed by atoms with van der Waals surface area (Å²) in [6.07, 6.45) is -4.58. The van der Waals surface area contributed by atoms with Crippen molar-refractivity contribution in [3.8, 4) is 5.75 Å². The first-order chi connectivity index (χ1) is 15.6. The van der Waals surface area contributed by atoms with Gasteiger partial charge >= 0.3 is 11.9 Å². The fraction of sp³-hybridized carbons (Fsp3) is 0.0909. The van der Waals surface area contributed by atoms with Crippen LogP contribution in [0.1, 0.15) is 26.3 Å². The zero-order chi connectivity index (χ0) is 24.2. The lowest BCUT2D eigenvalue weighted by atomic mass is 10.1. The van der Waals surface area contributed by atoms with Crippen LogP contribution < -0.4 is 15.4 Å². The number of carbonyl (C=O) groups is 2. The van der Waals surface area contributed by atoms with Crippen LogP contribution >= 0.6 is 0 Å². The maximum absolute atomic E-state index is 12.9. The van der Waals surface area contributed by atoms with Crippen molar-refractivity contribution in [1.82, 2.24) is 0 Å². The average molecular weight is 459 g/mol. The maximum Gasteiger partial charge on any atom is 0.416 e. The number of hydrogen-bond donors (Lipinski definition) is 2. The molecule has 0 radical (unpaired) electrons. The van der Waals surface area contributed by atoms with Crippen molar-refractivity contribution in [3.05, 3.63) is 93.5 Å². The fourth-order valence-corrected chi connectivity index (χ4v) is 2.93. The van der Waals surface area contributed by atoms with Crippen molar-refractivity contribution in [2.75, 3.05) is 17.7 Å². The van der Waals surface area contributed by atoms with Crippen molar-refractivity contribution in [2.24, 2.45) is 0 Å². The number of halogens is 3. The van der Waals surface area contributed by atoms with Gasteiger partial charge < -0.3 is 15.4 Å². The second-order valence-corrected chi connectivity index (χ2v) is 6.68. The number of nitrogens with one attached hydrogen (secondary N) is 2. The molecule has 3 rings (SSSR count). The Kier molecular flexibility index (Phi) is 6.61. The molecule has 0 atom stereocenters. The molecule has 11 heteroatoms. The van der Waals surface area contributed by atoms with Crippen LogP contribution in [0.2, 0.25) is 0 Å². The number of amides is 2. The van der Waals surface area contributed by atoms with Crippen molar-refractivity contribution in [3.63, 3.8) is 0 Å². The molecular formula is C22H16F3N3O5. The Hall–Kier alpha value is -4.41. The van der Waals surface area contributed by atoms with Gasteiger partial charge in [0.25, 0.3) is 11.8 Å². The van der Waals surface area contributed by atoms with E-state index in [1.165, 1.54) is 49.6 Å². The van der Waals surface area contributed by atoms with E-state index >= 15 is 0 Å². The third kappa shape index (κ3) is 5.45. The lowest BCUT2D eigenvalue weighted by Crippen LogP contribution is -2.18. The molecule has 3 aromatic carbocycles. The standard InChI is InChI=1S/C22H16F3N3O5/c1-33-19-10-9-13(11-18(19)28(31)32)20(29)27-17-8-3-2-7-16(17)21(30)26-15-6-4-5-14(12-15)22(23,24)25/h2-12H,1H3,(H,26,30)(H,27,29). The molecule has 2 amide bonds. The molecule has 0 unspecified atom stereocenters. The lowest BCUT2D eigenvalue weighted by molar-refractivity contribution is -0.385. The minimum absolute atomic E-state index is 0.0220. The molecule has 0 aliphatic carbocycles. The predicted molar refractivity (Wildman–Crippen MR) is 113 cm³/mol. The first-order valence-electron chi connectivity index (χ1n) is 9.31. The molecule has 0 fully saturated rings. The quantitative estimate of drug-likeness (QED) is 0.392. The van der Waals surface area contributed by atoms with E-state index in [2.05, 4.69) is 10.6 Å². The smallest absolute Gasteiger partial charge is 0.416 e. The second-order valence-electron chi connectivity index (χ2n) is 6.68. The van der Waals surface area contributed by atoms with E-state index in [0.29, 0.717) is 0 Å². The predicted octanol–water partition coefficient (Wildman–Crippen LogP) is 5.13. The number of benzene rings is 3. The molecule has 0 heterocycles. The number of alkyl halides is 3. The SMILES string of the molecule is COc1ccc(C(=O)Nc2ccccc2C(=O)Nc2cccc(C(F)(F)F)c2)cc1[N+](=O)[O-]. The van der Waals surface area contributed by atoms with Gasteiger partial charge in [-0.3, -0.25) is 19.7 Å². The van der Waals surface area contributed by atoms with Crippen molar-refractivity contribution in [1.29, 1.82) is 0 Å². The van der Waals surface area contributed by atoms with Crippen LogP contribution in [0.3, 0.4) is 0 Å². The van der Waals surface area contributed by atoms with E-state index in [1.807, 2.05) is 0 Å². The highest BCUT2D eigenvalue weighted by molar-refractivity contribution is 6.12. The third-order valence-corrected chi connectivity index (χ3v) is 4.51. The minimum Gasteiger partial charge on any atom is -0.490 e. The summed E-state index contributed by atoms with van der Waals surface area (Å²) in [5, 5.41) is 16.0. The van der Waals surface area contributed by atoms with Gasteiger partial charge in [-0.15, -0.1) is 0 Å². The summed E-state index contributed by atoms with van der Waals surface area (Å²) in [6.45, 7) is 0. The van der Waals surface area contributed by atoms with Gasteiger partial charge in [0, 0.05) is 17.3 Å². The Morgan fingerprint density at radius 3 is 2.33 bits per heavy atom. The number of para-hydroxylation sites is 1. The molecule has 33 heavy (non-hydrogen) atoms. The van der Waals surface area contributed by atoms with Gasteiger partial charge in [0.05, 0.1) is 28.8 Å². The molecule has 0 aliphatic rings. The number of carbonyl (C=O) groups excluding carboxylic acids is 2. The second kappa shape index (κ2) is 9.39. The molecular weight excluding hydrogens is 443 g/mol. The molecule has 0 aliphatic heterocycles. The summed E-state index contributed by atoms with van der Waals surface area (Å²) in [5.41, 5.74) is -1.45. The van der Waals surface area contributed by atoms with Gasteiger partial charge in [0.15, 0.2) is 5.75 Å². The minimum atomic E-state index is -4.58. The molecule has 170 valence electrons. The van der Waals surface area contributed by atoms with E-state index in [1.54, 1.807) is 0 Å². The number of rotatable bonds is 6. The largest absolute Gasteiger partial charge is 0.490 e. The average Bonchev–Trinajstić information content (AvgIpc) is 2.78. The Morgan fingerprint density at radius 1 is 0.939 bits per heavy atom. The van der Waals surface area contributed by atoms with E-state index in [0.717, 1.165) is 24.3 Å². The summed E-state index contributed by atoms with van der Waals surface area (Å²) in [5.74, 6) is -1.52. The molecule has 3 aromatic rings. The highest BCUT2D eigenvalue weighted by atomic mass is 19.4. The first kappa shape index (κ1) is 23.3. The van der Waals surface area contributed by atoms with Gasteiger partial charge in [-0.1, -0.05) is 18.2 Å². The highest BCUT2D eigenvalue weighted by Gasteiger charge is 2.30. The molecule has 0 bridgehead atoms. The van der Waals surface area contributed by atoms with Gasteiger partial charge in [0.1, 0.15) is 0 Å². The van der Waals surface area contributed by atoms with Crippen LogP contribution in [0.15, 0.2) is 66.7 Å². The van der Waals surface area contributed by atoms with Crippen molar-refractivity contribution < 1.29 is 32.4 Å². The summed E-state index contributed by atoms with van der Waals surface area (Å²) in [6, 6.07) is 13.5. The summed E-state index contributed by atoms with van der Waals surface area (Å²) < 4.78 is 43.6. The van der Waals surface area contributed by atoms with Gasteiger partial charge in [-0.05, 0) is 42.5 Å². The first-order valence-corrected chi connectivity index (χ1v) is 9.31. The molecule has 0 spiro atoms. The van der Waals surface area contributed by atoms with E-state index in [9.17, 15) is 32.9 Å². The number of nitro benzene ring substituents is 1. The van der Waals surface area contributed by atoms with Crippen molar-refractivity contribution in [2.45, 2.75) is 6.18 Å². The van der Waals surface area contributed by atoms with Crippen LogP contribution in [0.5, 0.6) is 5.75 Å². The number of nitro groups is 1. The number of ether oxygens (including phenoxy) is 1. The summed E-state index contributed by atoms with van der Waals surface area (Å²) >= 11 is 0. The van der Waals surface area contributed by atoms with Gasteiger partial charge in [-0.2, -0.15) is 13.2 Å². The number of methoxy groups -OCH3 is 1. The van der Waals surface area contributed by atoms with Gasteiger partial charge in [-0.25, -0.2) is 0 Å². The maximum atomic E-state index is 12.9. The zero-order valence-corrected chi connectivity index (χ0v) is 17.0. The lowest BCUT2D eigenvalue weighted by Gasteiger charge is -2.13. The van der Waals surface area contributed by atoms with Crippen LogP contribution in [0.4, 0.5) is 30.2 Å². The third-order valence-electron chi connectivity index (χ3n) is 4.51. The normalized spacial score (nSPS) is 10.9. The van der Waals surface area contributed by atoms with Crippen LogP contribution in [-0.2, 0) is 6.18 Å². The molecule has 2 N–H and O–H groups in total. The van der Waals surface area contributed by atoms with E-state index in [-0.39, 0.29) is 28.3 Å². The summed E-state index contributed by atoms with van der Waals surface area (Å²) in [7, 11) is 1.25. The van der Waals surface area contributed by atoms with Crippen LogP contribution in [-0.4, -0.2) is 23.8 Å². The molecule has 0 saturated heterocycles. The van der Waals surface area contributed by atoms with E-state index in [4.69, 9.17) is 4.74 Å². The Balaban J connectivity index is 1.84. The fourth-order valence-electron chi connectivity index (χ4n) is 2.93. The van der Waals surface area contributed by atoms with Crippen LogP contribution in [0, 0.1) is 10.1 Å². The topological polar surface area (TPSA) is 111 Å². The molecule has 8 nitrogen and oxygen atoms in total.